The van der Waals surface area contributed by atoms with E-state index in [0.717, 1.165) is 49.3 Å². The second-order valence-electron chi connectivity index (χ2n) is 14.4. The van der Waals surface area contributed by atoms with Crippen molar-refractivity contribution in [2.45, 2.75) is 60.7 Å². The number of aromatic nitrogens is 2. The zero-order valence-corrected chi connectivity index (χ0v) is 34.2. The predicted octanol–water partition coefficient (Wildman–Crippen LogP) is 11.9. The quantitative estimate of drug-likeness (QED) is 0.123. The van der Waals surface area contributed by atoms with Gasteiger partial charge in [-0.15, -0.1) is 53.6 Å². The standard InChI is InChI=1S/C26H19FNS.C18H24NSi.Ir/c1-15-12-16(2)24(17(3)13-15)18-10-11-28-22(14-18)19-8-9-21(27)25-20-6-4-5-7-23(20)29-26(19)25;1-14(2)11-16-12-17(15-9-7-6-8-10-15)19-13-18(16)20(3,4)5;/h4-7,9-14H,1-3H3;6-9,12-14H,11H2,1-5H3;/q2*-1;. The molecule has 7 rings (SSSR count). The van der Waals surface area contributed by atoms with Crippen LogP contribution >= 0.6 is 11.3 Å². The summed E-state index contributed by atoms with van der Waals surface area (Å²) < 4.78 is 16.7. The van der Waals surface area contributed by atoms with Crippen molar-refractivity contribution in [2.24, 2.45) is 5.92 Å². The first-order valence-electron chi connectivity index (χ1n) is 16.9. The Morgan fingerprint density at radius 2 is 1.56 bits per heavy atom. The van der Waals surface area contributed by atoms with Crippen LogP contribution in [0.1, 0.15) is 36.1 Å². The van der Waals surface area contributed by atoms with Crippen LogP contribution in [0.15, 0.2) is 97.3 Å². The molecule has 0 bridgehead atoms. The summed E-state index contributed by atoms with van der Waals surface area (Å²) in [5.41, 5.74) is 11.4. The minimum atomic E-state index is -1.34. The van der Waals surface area contributed by atoms with E-state index >= 15 is 0 Å². The van der Waals surface area contributed by atoms with E-state index in [9.17, 15) is 4.39 Å². The number of thiophene rings is 1. The molecule has 3 heterocycles. The van der Waals surface area contributed by atoms with Gasteiger partial charge in [0.15, 0.2) is 0 Å². The van der Waals surface area contributed by atoms with Crippen molar-refractivity contribution >= 4 is 44.8 Å². The molecule has 0 spiro atoms. The fourth-order valence-electron chi connectivity index (χ4n) is 6.76. The van der Waals surface area contributed by atoms with E-state index in [1.807, 2.05) is 54.7 Å². The van der Waals surface area contributed by atoms with Gasteiger partial charge in [0, 0.05) is 43.0 Å². The molecular weight excluding hydrogens is 828 g/mol. The molecule has 6 heteroatoms. The van der Waals surface area contributed by atoms with Gasteiger partial charge < -0.3 is 9.97 Å². The molecule has 4 aromatic carbocycles. The van der Waals surface area contributed by atoms with Gasteiger partial charge >= 0.3 is 0 Å². The van der Waals surface area contributed by atoms with E-state index in [1.54, 1.807) is 11.3 Å². The van der Waals surface area contributed by atoms with Crippen LogP contribution < -0.4 is 5.19 Å². The predicted molar refractivity (Wildman–Crippen MR) is 211 cm³/mol. The second kappa shape index (κ2) is 15.6. The van der Waals surface area contributed by atoms with Gasteiger partial charge in [-0.1, -0.05) is 87.1 Å². The second-order valence-corrected chi connectivity index (χ2v) is 20.5. The van der Waals surface area contributed by atoms with Crippen molar-refractivity contribution in [3.8, 4) is 33.6 Å². The van der Waals surface area contributed by atoms with Crippen LogP contribution in [-0.4, -0.2) is 18.0 Å². The Morgan fingerprint density at radius 3 is 2.24 bits per heavy atom. The number of hydrogen-bond donors (Lipinski definition) is 0. The van der Waals surface area contributed by atoms with Gasteiger partial charge in [-0.3, -0.25) is 4.39 Å². The summed E-state index contributed by atoms with van der Waals surface area (Å²) in [5.74, 6) is 0.433. The van der Waals surface area contributed by atoms with E-state index in [2.05, 4.69) is 113 Å². The topological polar surface area (TPSA) is 25.8 Å². The SMILES string of the molecule is CC(C)Cc1cc(-c2[c-]cccc2)ncc1[Si](C)(C)C.Cc1cc(C)c(-c2ccnc(-c3[c-]cc(F)c4c3sc3ccccc34)c2)c(C)c1.[Ir]. The molecule has 3 aromatic heterocycles. The number of fused-ring (bicyclic) bond motifs is 3. The van der Waals surface area contributed by atoms with Gasteiger partial charge in [0.1, 0.15) is 0 Å². The van der Waals surface area contributed by atoms with Crippen molar-refractivity contribution in [1.82, 2.24) is 9.97 Å². The molecule has 0 saturated heterocycles. The molecule has 0 saturated carbocycles. The van der Waals surface area contributed by atoms with Crippen LogP contribution in [0.2, 0.25) is 19.6 Å². The first-order valence-corrected chi connectivity index (χ1v) is 21.2. The summed E-state index contributed by atoms with van der Waals surface area (Å²) in [5, 5.41) is 3.10. The number of benzene rings is 4. The van der Waals surface area contributed by atoms with Crippen LogP contribution in [0.5, 0.6) is 0 Å². The van der Waals surface area contributed by atoms with E-state index < -0.39 is 8.07 Å². The van der Waals surface area contributed by atoms with Gasteiger partial charge in [-0.05, 0) is 99.5 Å². The monoisotopic (exact) mass is 871 g/mol. The smallest absolute Gasteiger partial charge is 0.0798 e. The van der Waals surface area contributed by atoms with Gasteiger partial charge in [0.05, 0.1) is 8.07 Å². The van der Waals surface area contributed by atoms with Gasteiger partial charge in [0.25, 0.3) is 0 Å². The molecule has 0 fully saturated rings. The molecule has 0 N–H and O–H groups in total. The first kappa shape index (κ1) is 37.5. The third-order valence-electron chi connectivity index (χ3n) is 8.80. The van der Waals surface area contributed by atoms with Crippen LogP contribution in [0.25, 0.3) is 53.8 Å². The Hall–Kier alpha value is -3.80. The fraction of sp³-hybridized carbons (Fsp3) is 0.227. The number of nitrogens with zero attached hydrogens (tertiary/aromatic N) is 2. The largest absolute Gasteiger partial charge is 0.305 e. The summed E-state index contributed by atoms with van der Waals surface area (Å²) in [6.45, 7) is 18.1. The van der Waals surface area contributed by atoms with Crippen molar-refractivity contribution in [1.29, 1.82) is 0 Å². The van der Waals surface area contributed by atoms with Crippen LogP contribution in [0, 0.1) is 44.6 Å². The van der Waals surface area contributed by atoms with Crippen LogP contribution in [-0.2, 0) is 26.5 Å². The van der Waals surface area contributed by atoms with Crippen LogP contribution in [0.4, 0.5) is 4.39 Å². The zero-order chi connectivity index (χ0) is 34.9. The Labute approximate surface area is 315 Å². The van der Waals surface area contributed by atoms with Crippen LogP contribution in [0.3, 0.4) is 0 Å². The average Bonchev–Trinajstić information content (AvgIpc) is 3.45. The normalized spacial score (nSPS) is 11.4. The zero-order valence-electron chi connectivity index (χ0n) is 30.0. The summed E-state index contributed by atoms with van der Waals surface area (Å²) in [6, 6.07) is 34.7. The van der Waals surface area contributed by atoms with Gasteiger partial charge in [0.2, 0.25) is 0 Å². The van der Waals surface area contributed by atoms with E-state index in [0.29, 0.717) is 11.3 Å². The van der Waals surface area contributed by atoms with Crippen molar-refractivity contribution in [3.05, 3.63) is 138 Å². The molecule has 0 atom stereocenters. The molecule has 257 valence electrons. The molecule has 1 radical (unpaired) electrons. The Morgan fingerprint density at radius 1 is 0.840 bits per heavy atom. The summed E-state index contributed by atoms with van der Waals surface area (Å²) in [4.78, 5) is 9.30. The molecule has 0 unspecified atom stereocenters. The Bertz CT molecular complexity index is 2250. The number of pyridine rings is 2. The number of rotatable bonds is 6. The third-order valence-corrected chi connectivity index (χ3v) is 12.1. The molecule has 0 aliphatic rings. The first-order chi connectivity index (χ1) is 23.4. The molecule has 0 aliphatic carbocycles. The molecule has 50 heavy (non-hydrogen) atoms. The minimum absolute atomic E-state index is 0. The Kier molecular flexibility index (Phi) is 11.7. The minimum Gasteiger partial charge on any atom is -0.305 e. The van der Waals surface area contributed by atoms with Crippen molar-refractivity contribution < 1.29 is 24.5 Å². The maximum absolute atomic E-state index is 14.7. The molecule has 2 nitrogen and oxygen atoms in total. The summed E-state index contributed by atoms with van der Waals surface area (Å²) in [6.07, 6.45) is 5.07. The maximum Gasteiger partial charge on any atom is 0.0798 e. The van der Waals surface area contributed by atoms with Crippen molar-refractivity contribution in [2.75, 3.05) is 0 Å². The van der Waals surface area contributed by atoms with Crippen molar-refractivity contribution in [3.63, 3.8) is 0 Å². The summed E-state index contributed by atoms with van der Waals surface area (Å²) in [7, 11) is -1.34. The molecule has 0 amide bonds. The number of hydrogen-bond acceptors (Lipinski definition) is 3. The average molecular weight is 871 g/mol. The molecule has 7 aromatic rings. The molecular formula is C44H43FIrN2SSi-2. The van der Waals surface area contributed by atoms with E-state index in [-0.39, 0.29) is 25.9 Å². The fourth-order valence-corrected chi connectivity index (χ4v) is 9.57. The summed E-state index contributed by atoms with van der Waals surface area (Å²) >= 11 is 1.60. The van der Waals surface area contributed by atoms with Gasteiger partial charge in [-0.25, -0.2) is 0 Å². The Balaban J connectivity index is 0.000000204. The maximum atomic E-state index is 14.7. The van der Waals surface area contributed by atoms with Gasteiger partial charge in [-0.2, -0.15) is 11.3 Å². The number of aryl methyl sites for hydroxylation is 3. The van der Waals surface area contributed by atoms with E-state index in [4.69, 9.17) is 0 Å². The third kappa shape index (κ3) is 8.05. The van der Waals surface area contributed by atoms with E-state index in [1.165, 1.54) is 39.1 Å². The number of halogens is 1. The molecule has 0 aliphatic heterocycles.